The van der Waals surface area contributed by atoms with Gasteiger partial charge < -0.3 is 20.4 Å². The van der Waals surface area contributed by atoms with Gasteiger partial charge in [-0.05, 0) is 62.4 Å². The van der Waals surface area contributed by atoms with Crippen LogP contribution >= 0.6 is 0 Å². The van der Waals surface area contributed by atoms with Crippen LogP contribution in [0.1, 0.15) is 130 Å². The first-order chi connectivity index (χ1) is 19.1. The van der Waals surface area contributed by atoms with Crippen LogP contribution in [-0.2, 0) is 0 Å². The maximum atomic E-state index is 13.8. The minimum Gasteiger partial charge on any atom is -0.395 e. The summed E-state index contributed by atoms with van der Waals surface area (Å²) in [6, 6.07) is 0. The number of hydrogen-bond acceptors (Lipinski definition) is 4. The normalized spacial score (nSPS) is 27.4. The van der Waals surface area contributed by atoms with E-state index in [2.05, 4.69) is 121 Å². The number of hydrogen-bond donors (Lipinski definition) is 4. The van der Waals surface area contributed by atoms with Crippen LogP contribution in [-0.4, -0.2) is 45.3 Å². The molecule has 0 fully saturated rings. The average Bonchev–Trinajstić information content (AvgIpc) is 2.86. The molecule has 2 aliphatic carbocycles. The zero-order chi connectivity index (χ0) is 33.8. The predicted molar refractivity (Wildman–Crippen MR) is 183 cm³/mol. The van der Waals surface area contributed by atoms with E-state index in [4.69, 9.17) is 0 Å². The minimum absolute atomic E-state index is 0.0416. The molecule has 0 heterocycles. The molecule has 4 nitrogen and oxygen atoms in total. The summed E-state index contributed by atoms with van der Waals surface area (Å²) < 4.78 is 0. The molecule has 0 saturated heterocycles. The van der Waals surface area contributed by atoms with Gasteiger partial charge in [-0.1, -0.05) is 153 Å². The van der Waals surface area contributed by atoms with Gasteiger partial charge in [0.2, 0.25) is 0 Å². The lowest BCUT2D eigenvalue weighted by atomic mass is 9.51. The molecule has 248 valence electrons. The van der Waals surface area contributed by atoms with Gasteiger partial charge in [-0.2, -0.15) is 0 Å². The number of rotatable bonds is 8. The third-order valence-electron chi connectivity index (χ3n) is 12.0. The third kappa shape index (κ3) is 6.42. The molecule has 0 spiro atoms. The van der Waals surface area contributed by atoms with Crippen molar-refractivity contribution in [1.29, 1.82) is 0 Å². The topological polar surface area (TPSA) is 80.9 Å². The van der Waals surface area contributed by atoms with Crippen molar-refractivity contribution in [2.24, 2.45) is 43.8 Å². The van der Waals surface area contributed by atoms with E-state index in [0.29, 0.717) is 17.6 Å². The van der Waals surface area contributed by atoms with Crippen molar-refractivity contribution in [2.75, 3.05) is 13.2 Å². The Labute approximate surface area is 265 Å². The van der Waals surface area contributed by atoms with Gasteiger partial charge >= 0.3 is 0 Å². The third-order valence-corrected chi connectivity index (χ3v) is 12.0. The second-order valence-electron chi connectivity index (χ2n) is 18.7. The lowest BCUT2D eigenvalue weighted by Crippen LogP contribution is -2.64. The van der Waals surface area contributed by atoms with Crippen LogP contribution < -0.4 is 0 Å². The van der Waals surface area contributed by atoms with Crippen molar-refractivity contribution in [2.45, 2.75) is 142 Å². The summed E-state index contributed by atoms with van der Waals surface area (Å²) in [5.74, 6) is -0.261. The van der Waals surface area contributed by atoms with Crippen molar-refractivity contribution in [1.82, 2.24) is 0 Å². The summed E-state index contributed by atoms with van der Waals surface area (Å²) in [7, 11) is 0. The molecule has 4 atom stereocenters. The molecular formula is C39H68O4. The fraction of sp³-hybridized carbons (Fsp3) is 0.795. The molecule has 2 rings (SSSR count). The molecule has 0 aliphatic heterocycles. The van der Waals surface area contributed by atoms with E-state index in [-0.39, 0.29) is 38.4 Å². The predicted octanol–water partition coefficient (Wildman–Crippen LogP) is 8.81. The van der Waals surface area contributed by atoms with E-state index in [0.717, 1.165) is 24.0 Å². The number of allylic oxidation sites excluding steroid dienone is 4. The zero-order valence-corrected chi connectivity index (χ0v) is 30.8. The first-order valence-electron chi connectivity index (χ1n) is 16.6. The summed E-state index contributed by atoms with van der Waals surface area (Å²) >= 11 is 0. The second-order valence-corrected chi connectivity index (χ2v) is 18.7. The molecule has 2 aliphatic rings. The van der Waals surface area contributed by atoms with Crippen LogP contribution in [0.2, 0.25) is 0 Å². The van der Waals surface area contributed by atoms with E-state index in [1.807, 2.05) is 13.8 Å². The largest absolute Gasteiger partial charge is 0.395 e. The van der Waals surface area contributed by atoms with Gasteiger partial charge in [0, 0.05) is 0 Å². The zero-order valence-electron chi connectivity index (χ0n) is 30.8. The summed E-state index contributed by atoms with van der Waals surface area (Å²) in [5.41, 5.74) is -1.00. The molecular weight excluding hydrogens is 532 g/mol. The highest BCUT2D eigenvalue weighted by molar-refractivity contribution is 5.57. The van der Waals surface area contributed by atoms with E-state index < -0.39 is 30.3 Å². The molecule has 4 N–H and O–H groups in total. The van der Waals surface area contributed by atoms with E-state index in [9.17, 15) is 20.4 Å². The van der Waals surface area contributed by atoms with Gasteiger partial charge in [-0.15, -0.1) is 0 Å². The van der Waals surface area contributed by atoms with Gasteiger partial charge in [0.1, 0.15) is 5.60 Å². The molecule has 0 amide bonds. The van der Waals surface area contributed by atoms with Crippen molar-refractivity contribution in [3.8, 4) is 0 Å². The van der Waals surface area contributed by atoms with Gasteiger partial charge in [-0.3, -0.25) is 0 Å². The quantitative estimate of drug-likeness (QED) is 0.224. The summed E-state index contributed by atoms with van der Waals surface area (Å²) in [6.07, 6.45) is 9.51. The Hall–Kier alpha value is -1.20. The number of aliphatic hydroxyl groups is 4. The molecule has 0 aromatic rings. The van der Waals surface area contributed by atoms with Gasteiger partial charge in [0.05, 0.1) is 24.7 Å². The van der Waals surface area contributed by atoms with Crippen LogP contribution in [0.4, 0.5) is 0 Å². The van der Waals surface area contributed by atoms with Crippen LogP contribution in [0.3, 0.4) is 0 Å². The maximum absolute atomic E-state index is 13.8. The van der Waals surface area contributed by atoms with Crippen LogP contribution in [0.5, 0.6) is 0 Å². The van der Waals surface area contributed by atoms with E-state index in [1.54, 1.807) is 0 Å². The number of aliphatic hydroxyl groups excluding tert-OH is 3. The van der Waals surface area contributed by atoms with Crippen LogP contribution in [0, 0.1) is 43.8 Å². The maximum Gasteiger partial charge on any atom is 0.127 e. The summed E-state index contributed by atoms with van der Waals surface area (Å²) in [6.45, 7) is 34.0. The first kappa shape index (κ1) is 38.0. The highest BCUT2D eigenvalue weighted by Gasteiger charge is 2.62. The standard InChI is InChI=1S/C39H68O4/c1-17-26(2)31(42)38(24-40,25-41)39(43,27-18-20-36(15,34(9,10)11)22-29(27)32(3,4)5)28-19-21-37(16,35(12,13)14)23-30(28)33(6,7)8/h18-21,26,31,40-43H,17,22-25H2,1-16H3. The minimum atomic E-state index is -1.87. The molecule has 0 bridgehead atoms. The highest BCUT2D eigenvalue weighted by atomic mass is 16.3. The highest BCUT2D eigenvalue weighted by Crippen LogP contribution is 2.60. The van der Waals surface area contributed by atoms with Crippen LogP contribution in [0.15, 0.2) is 46.6 Å². The van der Waals surface area contributed by atoms with Crippen molar-refractivity contribution < 1.29 is 20.4 Å². The van der Waals surface area contributed by atoms with E-state index in [1.165, 1.54) is 0 Å². The smallest absolute Gasteiger partial charge is 0.127 e. The first-order valence-corrected chi connectivity index (χ1v) is 16.6. The van der Waals surface area contributed by atoms with Gasteiger partial charge in [0.25, 0.3) is 0 Å². The second kappa shape index (κ2) is 11.9. The van der Waals surface area contributed by atoms with E-state index >= 15 is 0 Å². The summed E-state index contributed by atoms with van der Waals surface area (Å²) in [4.78, 5) is 0. The Bertz CT molecular complexity index is 1060. The molecule has 4 unspecified atom stereocenters. The Kier molecular flexibility index (Phi) is 10.5. The van der Waals surface area contributed by atoms with Crippen molar-refractivity contribution in [3.63, 3.8) is 0 Å². The van der Waals surface area contributed by atoms with Crippen molar-refractivity contribution >= 4 is 0 Å². The average molecular weight is 601 g/mol. The lowest BCUT2D eigenvalue weighted by Gasteiger charge is -2.56. The Morgan fingerprint density at radius 2 is 1.02 bits per heavy atom. The fourth-order valence-electron chi connectivity index (χ4n) is 6.95. The molecule has 0 radical (unpaired) electrons. The van der Waals surface area contributed by atoms with Crippen molar-refractivity contribution in [3.05, 3.63) is 46.6 Å². The van der Waals surface area contributed by atoms with Gasteiger partial charge in [0.15, 0.2) is 0 Å². The molecule has 0 aromatic heterocycles. The summed E-state index contributed by atoms with van der Waals surface area (Å²) in [5, 5.41) is 48.6. The molecule has 4 heteroatoms. The van der Waals surface area contributed by atoms with Crippen LogP contribution in [0.25, 0.3) is 0 Å². The fourth-order valence-corrected chi connectivity index (χ4v) is 6.95. The molecule has 0 saturated carbocycles. The monoisotopic (exact) mass is 601 g/mol. The Morgan fingerprint density at radius 1 is 0.698 bits per heavy atom. The van der Waals surface area contributed by atoms with Gasteiger partial charge in [-0.25, -0.2) is 0 Å². The molecule has 43 heavy (non-hydrogen) atoms. The Morgan fingerprint density at radius 3 is 1.26 bits per heavy atom. The Balaban J connectivity index is 3.26. The SMILES string of the molecule is CCC(C)C(O)C(CO)(CO)C(O)(C1=C(C(C)(C)C)CC(C)(C(C)(C)C)C=C1)C1=C(C(C)(C)C)CC(C)(C(C)(C)C)C=C1. The lowest BCUT2D eigenvalue weighted by molar-refractivity contribution is -0.164. The molecule has 0 aromatic carbocycles.